The van der Waals surface area contributed by atoms with Crippen molar-refractivity contribution in [3.63, 3.8) is 0 Å². The molecule has 0 bridgehead atoms. The van der Waals surface area contributed by atoms with Crippen molar-refractivity contribution in [3.05, 3.63) is 94.0 Å². The number of benzene rings is 3. The molecule has 4 rings (SSSR count). The lowest BCUT2D eigenvalue weighted by molar-refractivity contribution is 0.0792. The van der Waals surface area contributed by atoms with E-state index in [4.69, 9.17) is 0 Å². The molecule has 1 aliphatic heterocycles. The van der Waals surface area contributed by atoms with Crippen LogP contribution in [0.4, 0.5) is 11.4 Å². The topological polar surface area (TPSA) is 78.5 Å². The van der Waals surface area contributed by atoms with Crippen LogP contribution in [0, 0.1) is 0 Å². The Morgan fingerprint density at radius 2 is 1.41 bits per heavy atom. The quantitative estimate of drug-likeness (QED) is 0.515. The van der Waals surface area contributed by atoms with E-state index in [0.29, 0.717) is 32.5 Å². The summed E-state index contributed by atoms with van der Waals surface area (Å²) in [6, 6.07) is 20.8. The number of nitrogens with one attached hydrogen (secondary N) is 2. The van der Waals surface area contributed by atoms with Gasteiger partial charge in [-0.05, 0) is 71.2 Å². The number of anilines is 2. The zero-order valence-corrected chi connectivity index (χ0v) is 18.9. The van der Waals surface area contributed by atoms with Gasteiger partial charge in [0.25, 0.3) is 17.7 Å². The lowest BCUT2D eigenvalue weighted by Crippen LogP contribution is -2.27. The Morgan fingerprint density at radius 1 is 0.750 bits per heavy atom. The molecule has 3 aromatic rings. The number of hydrogen-bond donors (Lipinski definition) is 2. The molecular formula is C25H22BrN3O3. The second-order valence-corrected chi connectivity index (χ2v) is 8.37. The highest BCUT2D eigenvalue weighted by molar-refractivity contribution is 9.10. The number of rotatable bonds is 5. The van der Waals surface area contributed by atoms with Gasteiger partial charge in [-0.25, -0.2) is 0 Å². The van der Waals surface area contributed by atoms with Gasteiger partial charge in [0.1, 0.15) is 0 Å². The number of nitrogens with zero attached hydrogens (tertiary/aromatic N) is 1. The molecule has 1 saturated heterocycles. The predicted molar refractivity (Wildman–Crippen MR) is 128 cm³/mol. The molecule has 0 unspecified atom stereocenters. The smallest absolute Gasteiger partial charge is 0.257 e. The van der Waals surface area contributed by atoms with Crippen molar-refractivity contribution in [2.24, 2.45) is 0 Å². The largest absolute Gasteiger partial charge is 0.339 e. The molecule has 0 radical (unpaired) electrons. The van der Waals surface area contributed by atoms with Crippen molar-refractivity contribution >= 4 is 45.0 Å². The highest BCUT2D eigenvalue weighted by Gasteiger charge is 2.20. The van der Waals surface area contributed by atoms with Gasteiger partial charge < -0.3 is 15.5 Å². The van der Waals surface area contributed by atoms with E-state index in [2.05, 4.69) is 26.6 Å². The third-order valence-corrected chi connectivity index (χ3v) is 5.99. The number of carbonyl (C=O) groups excluding carboxylic acids is 3. The van der Waals surface area contributed by atoms with E-state index in [9.17, 15) is 14.4 Å². The van der Waals surface area contributed by atoms with Crippen molar-refractivity contribution in [2.45, 2.75) is 12.8 Å². The molecule has 1 aliphatic rings. The summed E-state index contributed by atoms with van der Waals surface area (Å²) in [5.74, 6) is -0.727. The fraction of sp³-hybridized carbons (Fsp3) is 0.160. The van der Waals surface area contributed by atoms with Gasteiger partial charge in [-0.15, -0.1) is 0 Å². The van der Waals surface area contributed by atoms with Gasteiger partial charge in [0, 0.05) is 28.8 Å². The Bertz CT molecular complexity index is 1170. The Labute approximate surface area is 194 Å². The highest BCUT2D eigenvalue weighted by Crippen LogP contribution is 2.22. The predicted octanol–water partition coefficient (Wildman–Crippen LogP) is 5.19. The number of para-hydroxylation sites is 1. The molecule has 0 atom stereocenters. The number of likely N-dealkylation sites (tertiary alicyclic amines) is 1. The Kier molecular flexibility index (Phi) is 6.66. The van der Waals surface area contributed by atoms with Gasteiger partial charge in [0.2, 0.25) is 0 Å². The molecule has 3 aromatic carbocycles. The second-order valence-electron chi connectivity index (χ2n) is 7.51. The van der Waals surface area contributed by atoms with Crippen LogP contribution in [0.5, 0.6) is 0 Å². The van der Waals surface area contributed by atoms with E-state index in [1.54, 1.807) is 66.7 Å². The van der Waals surface area contributed by atoms with Crippen LogP contribution in [0.2, 0.25) is 0 Å². The molecule has 0 saturated carbocycles. The molecule has 0 aromatic heterocycles. The summed E-state index contributed by atoms with van der Waals surface area (Å²) >= 11 is 3.37. The molecule has 2 N–H and O–H groups in total. The molecule has 0 spiro atoms. The van der Waals surface area contributed by atoms with E-state index >= 15 is 0 Å². The van der Waals surface area contributed by atoms with Crippen LogP contribution >= 0.6 is 15.9 Å². The highest BCUT2D eigenvalue weighted by atomic mass is 79.9. The van der Waals surface area contributed by atoms with Crippen molar-refractivity contribution in [1.29, 1.82) is 0 Å². The monoisotopic (exact) mass is 491 g/mol. The van der Waals surface area contributed by atoms with Crippen LogP contribution < -0.4 is 10.6 Å². The minimum Gasteiger partial charge on any atom is -0.339 e. The third-order valence-electron chi connectivity index (χ3n) is 5.30. The molecule has 162 valence electrons. The molecule has 32 heavy (non-hydrogen) atoms. The van der Waals surface area contributed by atoms with Gasteiger partial charge in [-0.2, -0.15) is 0 Å². The van der Waals surface area contributed by atoms with Crippen LogP contribution in [0.15, 0.2) is 77.3 Å². The van der Waals surface area contributed by atoms with Crippen molar-refractivity contribution < 1.29 is 14.4 Å². The van der Waals surface area contributed by atoms with Crippen LogP contribution in [0.1, 0.15) is 43.9 Å². The fourth-order valence-electron chi connectivity index (χ4n) is 3.66. The first kappa shape index (κ1) is 21.8. The van der Waals surface area contributed by atoms with Crippen molar-refractivity contribution in [2.75, 3.05) is 23.7 Å². The van der Waals surface area contributed by atoms with Gasteiger partial charge in [0.05, 0.1) is 16.8 Å². The summed E-state index contributed by atoms with van der Waals surface area (Å²) in [7, 11) is 0. The average molecular weight is 492 g/mol. The summed E-state index contributed by atoms with van der Waals surface area (Å²) in [5.41, 5.74) is 2.25. The summed E-state index contributed by atoms with van der Waals surface area (Å²) in [6.45, 7) is 1.53. The molecular weight excluding hydrogens is 470 g/mol. The first-order valence-corrected chi connectivity index (χ1v) is 11.2. The summed E-state index contributed by atoms with van der Waals surface area (Å²) in [6.07, 6.45) is 2.04. The molecule has 1 heterocycles. The van der Waals surface area contributed by atoms with Gasteiger partial charge in [-0.1, -0.05) is 30.3 Å². The van der Waals surface area contributed by atoms with Crippen molar-refractivity contribution in [3.8, 4) is 0 Å². The van der Waals surface area contributed by atoms with Gasteiger partial charge in [-0.3, -0.25) is 14.4 Å². The Hall–Kier alpha value is -3.45. The first-order valence-electron chi connectivity index (χ1n) is 10.4. The maximum atomic E-state index is 13.0. The van der Waals surface area contributed by atoms with E-state index in [0.717, 1.165) is 25.9 Å². The molecule has 7 heteroatoms. The summed E-state index contributed by atoms with van der Waals surface area (Å²) in [4.78, 5) is 40.2. The Balaban J connectivity index is 1.51. The minimum absolute atomic E-state index is 0.0281. The van der Waals surface area contributed by atoms with Crippen LogP contribution in [0.3, 0.4) is 0 Å². The van der Waals surface area contributed by atoms with Crippen LogP contribution in [-0.2, 0) is 0 Å². The molecule has 3 amide bonds. The average Bonchev–Trinajstić information content (AvgIpc) is 3.34. The van der Waals surface area contributed by atoms with Gasteiger partial charge in [0.15, 0.2) is 0 Å². The fourth-order valence-corrected chi connectivity index (χ4v) is 4.12. The number of amides is 3. The van der Waals surface area contributed by atoms with E-state index in [1.807, 2.05) is 11.0 Å². The van der Waals surface area contributed by atoms with Crippen LogP contribution in [-0.4, -0.2) is 35.7 Å². The van der Waals surface area contributed by atoms with E-state index < -0.39 is 0 Å². The zero-order valence-electron chi connectivity index (χ0n) is 17.3. The number of carbonyl (C=O) groups is 3. The van der Waals surface area contributed by atoms with E-state index in [1.165, 1.54) is 0 Å². The molecule has 6 nitrogen and oxygen atoms in total. The van der Waals surface area contributed by atoms with Crippen LogP contribution in [0.25, 0.3) is 0 Å². The third kappa shape index (κ3) is 4.89. The number of halogens is 1. The SMILES string of the molecule is O=C(Nc1ccccc1C(=O)Nc1cccc(C(=O)N2CCCC2)c1)c1ccccc1Br. The lowest BCUT2D eigenvalue weighted by Gasteiger charge is -2.16. The first-order chi connectivity index (χ1) is 15.5. The normalized spacial score (nSPS) is 13.0. The second kappa shape index (κ2) is 9.78. The summed E-state index contributed by atoms with van der Waals surface area (Å²) in [5, 5.41) is 5.65. The standard InChI is InChI=1S/C25H22BrN3O3/c26-21-12-3-1-10-19(21)23(30)28-22-13-4-2-11-20(22)24(31)27-18-9-7-8-17(16-18)25(32)29-14-5-6-15-29/h1-4,7-13,16H,5-6,14-15H2,(H,27,31)(H,28,30). The Morgan fingerprint density at radius 3 is 2.16 bits per heavy atom. The maximum Gasteiger partial charge on any atom is 0.257 e. The lowest BCUT2D eigenvalue weighted by atomic mass is 10.1. The maximum absolute atomic E-state index is 13.0. The summed E-state index contributed by atoms with van der Waals surface area (Å²) < 4.78 is 0.666. The minimum atomic E-state index is -0.376. The number of hydrogen-bond acceptors (Lipinski definition) is 3. The zero-order chi connectivity index (χ0) is 22.5. The van der Waals surface area contributed by atoms with E-state index in [-0.39, 0.29) is 17.7 Å². The van der Waals surface area contributed by atoms with Crippen molar-refractivity contribution in [1.82, 2.24) is 4.90 Å². The molecule has 0 aliphatic carbocycles. The molecule has 1 fully saturated rings. The van der Waals surface area contributed by atoms with Gasteiger partial charge >= 0.3 is 0 Å².